The Morgan fingerprint density at radius 1 is 1.16 bits per heavy atom. The average molecular weight is 263 g/mol. The van der Waals surface area contributed by atoms with Crippen molar-refractivity contribution in [2.45, 2.75) is 12.8 Å². The van der Waals surface area contributed by atoms with Gasteiger partial charge in [0.25, 0.3) is 5.91 Å². The lowest BCUT2D eigenvalue weighted by atomic mass is 9.96. The molecular weight excluding hydrogens is 246 g/mol. The molecule has 5 nitrogen and oxygen atoms in total. The number of rotatable bonds is 3. The van der Waals surface area contributed by atoms with Gasteiger partial charge in [-0.25, -0.2) is 4.79 Å². The SMILES string of the molecule is O=C(O)c1ccccc1C(=O)N1CCC(CO)CC1. The maximum Gasteiger partial charge on any atom is 0.336 e. The molecule has 1 fully saturated rings. The third kappa shape index (κ3) is 2.93. The second-order valence-electron chi connectivity index (χ2n) is 4.77. The van der Waals surface area contributed by atoms with Gasteiger partial charge >= 0.3 is 5.97 Å². The third-order valence-electron chi connectivity index (χ3n) is 3.55. The van der Waals surface area contributed by atoms with Gasteiger partial charge in [-0.3, -0.25) is 4.79 Å². The first kappa shape index (κ1) is 13.5. The van der Waals surface area contributed by atoms with Crippen molar-refractivity contribution in [1.29, 1.82) is 0 Å². The summed E-state index contributed by atoms with van der Waals surface area (Å²) in [5.74, 6) is -1.08. The van der Waals surface area contributed by atoms with Crippen LogP contribution in [0.5, 0.6) is 0 Å². The highest BCUT2D eigenvalue weighted by Gasteiger charge is 2.25. The molecular formula is C14H17NO4. The van der Waals surface area contributed by atoms with Crippen LogP contribution in [0, 0.1) is 5.92 Å². The molecule has 0 saturated carbocycles. The number of amides is 1. The molecule has 0 spiro atoms. The van der Waals surface area contributed by atoms with Crippen LogP contribution in [0.3, 0.4) is 0 Å². The van der Waals surface area contributed by atoms with E-state index in [1.165, 1.54) is 6.07 Å². The van der Waals surface area contributed by atoms with Gasteiger partial charge in [0, 0.05) is 19.7 Å². The molecule has 2 rings (SSSR count). The first-order chi connectivity index (χ1) is 9.13. The van der Waals surface area contributed by atoms with Gasteiger partial charge in [0.2, 0.25) is 0 Å². The number of carboxylic acids is 1. The quantitative estimate of drug-likeness (QED) is 0.859. The van der Waals surface area contributed by atoms with Crippen LogP contribution >= 0.6 is 0 Å². The molecule has 1 heterocycles. The maximum absolute atomic E-state index is 12.3. The number of carbonyl (C=O) groups is 2. The van der Waals surface area contributed by atoms with Gasteiger partial charge in [-0.1, -0.05) is 12.1 Å². The van der Waals surface area contributed by atoms with Gasteiger partial charge in [-0.2, -0.15) is 0 Å². The molecule has 0 aromatic heterocycles. The van der Waals surface area contributed by atoms with Gasteiger partial charge in [-0.15, -0.1) is 0 Å². The average Bonchev–Trinajstić information content (AvgIpc) is 2.46. The Bertz CT molecular complexity index is 478. The van der Waals surface area contributed by atoms with Crippen LogP contribution in [0.15, 0.2) is 24.3 Å². The Morgan fingerprint density at radius 3 is 2.26 bits per heavy atom. The zero-order valence-corrected chi connectivity index (χ0v) is 10.6. The lowest BCUT2D eigenvalue weighted by Crippen LogP contribution is -2.39. The predicted octanol–water partition coefficient (Wildman–Crippen LogP) is 1.23. The van der Waals surface area contributed by atoms with Crippen LogP contribution in [0.2, 0.25) is 0 Å². The zero-order valence-electron chi connectivity index (χ0n) is 10.6. The van der Waals surface area contributed by atoms with Crippen molar-refractivity contribution in [3.05, 3.63) is 35.4 Å². The van der Waals surface area contributed by atoms with Crippen molar-refractivity contribution in [3.63, 3.8) is 0 Å². The fourth-order valence-corrected chi connectivity index (χ4v) is 2.35. The molecule has 1 saturated heterocycles. The van der Waals surface area contributed by atoms with E-state index in [2.05, 4.69) is 0 Å². The van der Waals surface area contributed by atoms with E-state index in [4.69, 9.17) is 10.2 Å². The highest BCUT2D eigenvalue weighted by Crippen LogP contribution is 2.20. The van der Waals surface area contributed by atoms with E-state index < -0.39 is 5.97 Å². The summed E-state index contributed by atoms with van der Waals surface area (Å²) in [6.07, 6.45) is 1.52. The lowest BCUT2D eigenvalue weighted by molar-refractivity contribution is 0.0627. The van der Waals surface area contributed by atoms with E-state index in [0.717, 1.165) is 12.8 Å². The summed E-state index contributed by atoms with van der Waals surface area (Å²) in [5, 5.41) is 18.2. The van der Waals surface area contributed by atoms with E-state index >= 15 is 0 Å². The maximum atomic E-state index is 12.3. The second kappa shape index (κ2) is 5.84. The van der Waals surface area contributed by atoms with E-state index in [1.54, 1.807) is 23.1 Å². The molecule has 1 aromatic rings. The van der Waals surface area contributed by atoms with Crippen molar-refractivity contribution in [1.82, 2.24) is 4.90 Å². The van der Waals surface area contributed by atoms with Gasteiger partial charge in [-0.05, 0) is 30.9 Å². The number of likely N-dealkylation sites (tertiary alicyclic amines) is 1. The number of hydrogen-bond donors (Lipinski definition) is 2. The van der Waals surface area contributed by atoms with E-state index in [9.17, 15) is 9.59 Å². The first-order valence-electron chi connectivity index (χ1n) is 6.36. The van der Waals surface area contributed by atoms with E-state index in [-0.39, 0.29) is 29.6 Å². The van der Waals surface area contributed by atoms with Crippen molar-refractivity contribution < 1.29 is 19.8 Å². The highest BCUT2D eigenvalue weighted by molar-refractivity contribution is 6.04. The predicted molar refractivity (Wildman–Crippen MR) is 69.1 cm³/mol. The summed E-state index contributed by atoms with van der Waals surface area (Å²) in [6, 6.07) is 6.26. The summed E-state index contributed by atoms with van der Waals surface area (Å²) in [7, 11) is 0. The molecule has 0 unspecified atom stereocenters. The molecule has 1 amide bonds. The molecule has 102 valence electrons. The molecule has 2 N–H and O–H groups in total. The van der Waals surface area contributed by atoms with Crippen LogP contribution in [0.25, 0.3) is 0 Å². The Labute approximate surface area is 111 Å². The lowest BCUT2D eigenvalue weighted by Gasteiger charge is -2.31. The molecule has 0 radical (unpaired) electrons. The fourth-order valence-electron chi connectivity index (χ4n) is 2.35. The zero-order chi connectivity index (χ0) is 13.8. The Kier molecular flexibility index (Phi) is 4.16. The number of aliphatic hydroxyl groups is 1. The normalized spacial score (nSPS) is 16.4. The monoisotopic (exact) mass is 263 g/mol. The van der Waals surface area contributed by atoms with Crippen LogP contribution in [0.4, 0.5) is 0 Å². The standard InChI is InChI=1S/C14H17NO4/c16-9-10-5-7-15(8-6-10)13(17)11-3-1-2-4-12(11)14(18)19/h1-4,10,16H,5-9H2,(H,18,19). The number of aromatic carboxylic acids is 1. The number of nitrogens with zero attached hydrogens (tertiary/aromatic N) is 1. The van der Waals surface area contributed by atoms with E-state index in [1.807, 2.05) is 0 Å². The summed E-state index contributed by atoms with van der Waals surface area (Å²) >= 11 is 0. The Hall–Kier alpha value is -1.88. The minimum absolute atomic E-state index is 0.0387. The van der Waals surface area contributed by atoms with Crippen LogP contribution in [0.1, 0.15) is 33.6 Å². The smallest absolute Gasteiger partial charge is 0.336 e. The largest absolute Gasteiger partial charge is 0.478 e. The molecule has 1 aromatic carbocycles. The highest BCUT2D eigenvalue weighted by atomic mass is 16.4. The Balaban J connectivity index is 2.15. The molecule has 5 heteroatoms. The van der Waals surface area contributed by atoms with Gasteiger partial charge in [0.05, 0.1) is 11.1 Å². The summed E-state index contributed by atoms with van der Waals surface area (Å²) < 4.78 is 0. The topological polar surface area (TPSA) is 77.8 Å². The van der Waals surface area contributed by atoms with Gasteiger partial charge in [0.15, 0.2) is 0 Å². The van der Waals surface area contributed by atoms with Crippen molar-refractivity contribution in [2.75, 3.05) is 19.7 Å². The number of piperidine rings is 1. The van der Waals surface area contributed by atoms with Crippen LogP contribution in [-0.2, 0) is 0 Å². The van der Waals surface area contributed by atoms with Crippen molar-refractivity contribution >= 4 is 11.9 Å². The van der Waals surface area contributed by atoms with Crippen molar-refractivity contribution in [3.8, 4) is 0 Å². The number of carboxylic acid groups (broad SMARTS) is 1. The fraction of sp³-hybridized carbons (Fsp3) is 0.429. The van der Waals surface area contributed by atoms with Gasteiger partial charge < -0.3 is 15.1 Å². The number of aliphatic hydroxyl groups excluding tert-OH is 1. The molecule has 1 aliphatic rings. The van der Waals surface area contributed by atoms with Crippen LogP contribution in [-0.4, -0.2) is 46.7 Å². The van der Waals surface area contributed by atoms with Crippen LogP contribution < -0.4 is 0 Å². The minimum Gasteiger partial charge on any atom is -0.478 e. The van der Waals surface area contributed by atoms with E-state index in [0.29, 0.717) is 13.1 Å². The molecule has 1 aliphatic heterocycles. The van der Waals surface area contributed by atoms with Crippen molar-refractivity contribution in [2.24, 2.45) is 5.92 Å². The Morgan fingerprint density at radius 2 is 1.74 bits per heavy atom. The number of carbonyl (C=O) groups excluding carboxylic acids is 1. The summed E-state index contributed by atoms with van der Waals surface area (Å²) in [5.41, 5.74) is 0.272. The molecule has 0 atom stereocenters. The molecule has 0 bridgehead atoms. The minimum atomic E-state index is -1.09. The molecule has 0 aliphatic carbocycles. The number of benzene rings is 1. The summed E-state index contributed by atoms with van der Waals surface area (Å²) in [6.45, 7) is 1.28. The second-order valence-corrected chi connectivity index (χ2v) is 4.77. The molecule has 19 heavy (non-hydrogen) atoms. The summed E-state index contributed by atoms with van der Waals surface area (Å²) in [4.78, 5) is 25.1. The van der Waals surface area contributed by atoms with Gasteiger partial charge in [0.1, 0.15) is 0 Å². The third-order valence-corrected chi connectivity index (χ3v) is 3.55. The first-order valence-corrected chi connectivity index (χ1v) is 6.36. The number of hydrogen-bond acceptors (Lipinski definition) is 3.